The van der Waals surface area contributed by atoms with Crippen molar-refractivity contribution in [1.29, 1.82) is 0 Å². The Balaban J connectivity index is 1.51. The fourth-order valence-electron chi connectivity index (χ4n) is 7.02. The van der Waals surface area contributed by atoms with Crippen molar-refractivity contribution in [2.24, 2.45) is 23.2 Å². The Hall–Kier alpha value is -1.02. The van der Waals surface area contributed by atoms with Crippen LogP contribution in [0.3, 0.4) is 0 Å². The molecular formula is C28H38NOPS. The van der Waals surface area contributed by atoms with Gasteiger partial charge in [0, 0.05) is 6.04 Å². The second-order valence-corrected chi connectivity index (χ2v) is 15.9. The molecular weight excluding hydrogens is 429 g/mol. The molecule has 4 heteroatoms. The van der Waals surface area contributed by atoms with E-state index in [0.717, 1.165) is 23.9 Å². The number of nitrogens with one attached hydrogen (secondary N) is 1. The minimum atomic E-state index is -1.05. The number of hydrogen-bond donors (Lipinski definition) is 1. The van der Waals surface area contributed by atoms with E-state index in [-0.39, 0.29) is 4.75 Å². The smallest absolute Gasteiger partial charge is 0.0973 e. The summed E-state index contributed by atoms with van der Waals surface area (Å²) in [7, 11) is -1.55. The monoisotopic (exact) mass is 467 g/mol. The van der Waals surface area contributed by atoms with E-state index in [1.807, 2.05) is 0 Å². The van der Waals surface area contributed by atoms with E-state index in [1.165, 1.54) is 49.1 Å². The van der Waals surface area contributed by atoms with E-state index in [4.69, 9.17) is 0 Å². The number of benzene rings is 2. The van der Waals surface area contributed by atoms with Crippen LogP contribution in [-0.4, -0.2) is 21.2 Å². The average molecular weight is 468 g/mol. The van der Waals surface area contributed by atoms with Gasteiger partial charge < -0.3 is 0 Å². The Morgan fingerprint density at radius 1 is 0.875 bits per heavy atom. The minimum absolute atomic E-state index is 0.247. The Bertz CT molecular complexity index is 864. The fourth-order valence-corrected chi connectivity index (χ4v) is 10.7. The molecule has 0 spiro atoms. The average Bonchev–Trinajstić information content (AvgIpc) is 2.76. The summed E-state index contributed by atoms with van der Waals surface area (Å²) in [5, 5.41) is 2.87. The lowest BCUT2D eigenvalue weighted by Crippen LogP contribution is -2.58. The molecule has 2 aromatic carbocycles. The standard InChI is InChI=1S/C28H38NOPS/c1-27(2,3)32(30)29-26(28-17-21-14-22(18-28)16-23(15-21)19-28)20-31(24-10-6-4-7-11-24)25-12-8-5-9-13-25/h4-13,21-23,26,29H,14-20H2,1-3H3/t21?,22?,23?,26-,28?,32?/m1/s1. The van der Waals surface area contributed by atoms with Crippen molar-refractivity contribution >= 4 is 29.5 Å². The molecule has 2 nitrogen and oxygen atoms in total. The van der Waals surface area contributed by atoms with E-state index in [0.29, 0.717) is 11.5 Å². The molecule has 1 unspecified atom stereocenters. The third kappa shape index (κ3) is 4.63. The van der Waals surface area contributed by atoms with Crippen LogP contribution in [-0.2, 0) is 11.0 Å². The van der Waals surface area contributed by atoms with Crippen molar-refractivity contribution in [3.05, 3.63) is 60.7 Å². The molecule has 4 aliphatic rings. The van der Waals surface area contributed by atoms with E-state index in [1.54, 1.807) is 0 Å². The lowest BCUT2D eigenvalue weighted by Gasteiger charge is -2.60. The van der Waals surface area contributed by atoms with Gasteiger partial charge in [-0.3, -0.25) is 0 Å². The van der Waals surface area contributed by atoms with Gasteiger partial charge in [0.1, 0.15) is 0 Å². The highest BCUT2D eigenvalue weighted by Crippen LogP contribution is 2.62. The summed E-state index contributed by atoms with van der Waals surface area (Å²) < 4.78 is 17.0. The summed E-state index contributed by atoms with van der Waals surface area (Å²) >= 11 is 0. The van der Waals surface area contributed by atoms with Gasteiger partial charge in [-0.05, 0) is 107 Å². The highest BCUT2D eigenvalue weighted by molar-refractivity contribution is 7.84. The quantitative estimate of drug-likeness (QED) is 0.516. The Kier molecular flexibility index (Phi) is 6.38. The first-order valence-corrected chi connectivity index (χ1v) is 15.1. The first-order valence-electron chi connectivity index (χ1n) is 12.4. The van der Waals surface area contributed by atoms with Crippen molar-refractivity contribution in [2.75, 3.05) is 6.16 Å². The van der Waals surface area contributed by atoms with Crippen LogP contribution in [0.15, 0.2) is 60.7 Å². The molecule has 4 fully saturated rings. The molecule has 2 atom stereocenters. The predicted molar refractivity (Wildman–Crippen MR) is 139 cm³/mol. The molecule has 2 aromatic rings. The van der Waals surface area contributed by atoms with Crippen LogP contribution in [0.1, 0.15) is 59.3 Å². The summed E-state index contributed by atoms with van der Waals surface area (Å²) in [5.41, 5.74) is 0.319. The van der Waals surface area contributed by atoms with Gasteiger partial charge in [-0.25, -0.2) is 8.93 Å². The largest absolute Gasteiger partial charge is 0.242 e. The summed E-state index contributed by atoms with van der Waals surface area (Å²) in [6, 6.07) is 22.4. The molecule has 4 aliphatic carbocycles. The molecule has 0 radical (unpaired) electrons. The Morgan fingerprint density at radius 3 is 1.72 bits per heavy atom. The van der Waals surface area contributed by atoms with Gasteiger partial charge in [-0.2, -0.15) is 0 Å². The maximum atomic E-state index is 13.4. The van der Waals surface area contributed by atoms with E-state index in [9.17, 15) is 4.21 Å². The normalized spacial score (nSPS) is 31.1. The first kappa shape index (κ1) is 22.8. The third-order valence-corrected chi connectivity index (χ3v) is 12.3. The first-order chi connectivity index (χ1) is 15.3. The van der Waals surface area contributed by atoms with Crippen molar-refractivity contribution in [2.45, 2.75) is 70.1 Å². The zero-order valence-electron chi connectivity index (χ0n) is 19.8. The van der Waals surface area contributed by atoms with Crippen molar-refractivity contribution in [3.63, 3.8) is 0 Å². The molecule has 0 saturated heterocycles. The molecule has 0 aliphatic heterocycles. The van der Waals surface area contributed by atoms with Gasteiger partial charge in [-0.15, -0.1) is 0 Å². The molecule has 0 heterocycles. The molecule has 4 bridgehead atoms. The van der Waals surface area contributed by atoms with Crippen LogP contribution >= 0.6 is 7.92 Å². The van der Waals surface area contributed by atoms with Gasteiger partial charge in [0.05, 0.1) is 15.7 Å². The molecule has 32 heavy (non-hydrogen) atoms. The Morgan fingerprint density at radius 2 is 1.31 bits per heavy atom. The van der Waals surface area contributed by atoms with Gasteiger partial charge in [0.25, 0.3) is 0 Å². The number of hydrogen-bond acceptors (Lipinski definition) is 1. The van der Waals surface area contributed by atoms with Crippen LogP contribution in [0.4, 0.5) is 0 Å². The Labute approximate surface area is 198 Å². The molecule has 6 rings (SSSR count). The summed E-state index contributed by atoms with van der Waals surface area (Å²) in [6.07, 6.45) is 9.43. The molecule has 4 saturated carbocycles. The van der Waals surface area contributed by atoms with Crippen LogP contribution in [0.2, 0.25) is 0 Å². The molecule has 0 amide bonds. The van der Waals surface area contributed by atoms with Gasteiger partial charge in [0.2, 0.25) is 0 Å². The zero-order chi connectivity index (χ0) is 22.3. The van der Waals surface area contributed by atoms with Gasteiger partial charge in [-0.1, -0.05) is 60.7 Å². The highest BCUT2D eigenvalue weighted by Gasteiger charge is 2.55. The van der Waals surface area contributed by atoms with Gasteiger partial charge >= 0.3 is 0 Å². The van der Waals surface area contributed by atoms with Crippen LogP contribution in [0.25, 0.3) is 0 Å². The zero-order valence-corrected chi connectivity index (χ0v) is 21.5. The molecule has 172 valence electrons. The maximum absolute atomic E-state index is 13.4. The lowest BCUT2D eigenvalue weighted by atomic mass is 9.48. The predicted octanol–water partition coefficient (Wildman–Crippen LogP) is 5.76. The van der Waals surface area contributed by atoms with Crippen LogP contribution in [0.5, 0.6) is 0 Å². The van der Waals surface area contributed by atoms with E-state index in [2.05, 4.69) is 86.2 Å². The maximum Gasteiger partial charge on any atom is 0.0973 e. The highest BCUT2D eigenvalue weighted by atomic mass is 32.2. The summed E-state index contributed by atoms with van der Waals surface area (Å²) in [6.45, 7) is 6.30. The van der Waals surface area contributed by atoms with E-state index >= 15 is 0 Å². The SMILES string of the molecule is CC(C)(C)S(=O)N[C@H](CP(c1ccccc1)c1ccccc1)C12CC3CC(CC(C3)C1)C2. The van der Waals surface area contributed by atoms with Crippen molar-refractivity contribution < 1.29 is 4.21 Å². The van der Waals surface area contributed by atoms with Crippen molar-refractivity contribution in [1.82, 2.24) is 4.72 Å². The minimum Gasteiger partial charge on any atom is -0.242 e. The number of rotatable bonds is 7. The van der Waals surface area contributed by atoms with Crippen molar-refractivity contribution in [3.8, 4) is 0 Å². The molecule has 1 N–H and O–H groups in total. The van der Waals surface area contributed by atoms with Crippen LogP contribution < -0.4 is 15.3 Å². The summed E-state index contributed by atoms with van der Waals surface area (Å²) in [5.74, 6) is 2.69. The van der Waals surface area contributed by atoms with E-state index < -0.39 is 18.9 Å². The fraction of sp³-hybridized carbons (Fsp3) is 0.571. The van der Waals surface area contributed by atoms with Crippen LogP contribution in [0, 0.1) is 23.2 Å². The molecule has 0 aromatic heterocycles. The second-order valence-electron chi connectivity index (χ2n) is 11.6. The summed E-state index contributed by atoms with van der Waals surface area (Å²) in [4.78, 5) is 0. The van der Waals surface area contributed by atoms with Gasteiger partial charge in [0.15, 0.2) is 0 Å². The third-order valence-electron chi connectivity index (χ3n) is 8.13. The lowest BCUT2D eigenvalue weighted by molar-refractivity contribution is -0.0657. The topological polar surface area (TPSA) is 29.1 Å². The second kappa shape index (κ2) is 8.97.